The predicted octanol–water partition coefficient (Wildman–Crippen LogP) is 2.57. The summed E-state index contributed by atoms with van der Waals surface area (Å²) in [7, 11) is 0. The molecular formula is C23H25N3O7S. The zero-order valence-electron chi connectivity index (χ0n) is 18.6. The van der Waals surface area contributed by atoms with Crippen LogP contribution in [-0.2, 0) is 9.53 Å². The molecule has 0 aromatic heterocycles. The number of carboxylic acid groups (broad SMARTS) is 1. The smallest absolute Gasteiger partial charge is 0.427 e. The van der Waals surface area contributed by atoms with Gasteiger partial charge in [-0.3, -0.25) is 9.59 Å². The highest BCUT2D eigenvalue weighted by molar-refractivity contribution is 7.98. The first-order valence-electron chi connectivity index (χ1n) is 10.2. The Morgan fingerprint density at radius 1 is 1.06 bits per heavy atom. The number of ketones is 1. The number of nitrogens with zero attached hydrogens (tertiary/aromatic N) is 1. The van der Waals surface area contributed by atoms with Gasteiger partial charge in [-0.1, -0.05) is 12.1 Å². The van der Waals surface area contributed by atoms with E-state index in [4.69, 9.17) is 14.6 Å². The maximum absolute atomic E-state index is 12.9. The largest absolute Gasteiger partial charge is 0.482 e. The summed E-state index contributed by atoms with van der Waals surface area (Å²) >= 11 is 1.41. The molecule has 0 saturated heterocycles. The molecule has 2 aromatic rings. The van der Waals surface area contributed by atoms with E-state index < -0.39 is 30.6 Å². The van der Waals surface area contributed by atoms with Gasteiger partial charge in [0.1, 0.15) is 11.8 Å². The number of hydrazone groups is 1. The molecule has 1 atom stereocenters. The van der Waals surface area contributed by atoms with Crippen LogP contribution in [0.25, 0.3) is 0 Å². The predicted molar refractivity (Wildman–Crippen MR) is 128 cm³/mol. The Bertz CT molecular complexity index is 1020. The molecule has 2 amide bonds. The van der Waals surface area contributed by atoms with Crippen LogP contribution in [0.5, 0.6) is 5.75 Å². The van der Waals surface area contributed by atoms with Crippen LogP contribution in [-0.4, -0.2) is 66.3 Å². The number of hydrogen-bond donors (Lipinski definition) is 3. The monoisotopic (exact) mass is 487 g/mol. The number of nitrogens with one attached hydrogen (secondary N) is 2. The van der Waals surface area contributed by atoms with Crippen molar-refractivity contribution in [2.75, 3.05) is 25.2 Å². The average molecular weight is 488 g/mol. The van der Waals surface area contributed by atoms with Crippen LogP contribution in [0.1, 0.15) is 33.2 Å². The Labute approximate surface area is 200 Å². The number of amides is 2. The Morgan fingerprint density at radius 2 is 1.71 bits per heavy atom. The molecule has 10 nitrogen and oxygen atoms in total. The Kier molecular flexibility index (Phi) is 10.6. The van der Waals surface area contributed by atoms with Crippen LogP contribution in [0, 0.1) is 0 Å². The van der Waals surface area contributed by atoms with E-state index in [1.165, 1.54) is 42.2 Å². The summed E-state index contributed by atoms with van der Waals surface area (Å²) in [5.41, 5.74) is 3.57. The van der Waals surface area contributed by atoms with Gasteiger partial charge in [0.05, 0.1) is 12.8 Å². The van der Waals surface area contributed by atoms with Crippen LogP contribution >= 0.6 is 11.8 Å². The zero-order chi connectivity index (χ0) is 24.9. The molecule has 34 heavy (non-hydrogen) atoms. The lowest BCUT2D eigenvalue weighted by atomic mass is 10.0. The second-order valence-corrected chi connectivity index (χ2v) is 7.68. The maximum atomic E-state index is 12.9. The minimum atomic E-state index is -1.10. The number of rotatable bonds is 12. The van der Waals surface area contributed by atoms with Crippen molar-refractivity contribution in [2.24, 2.45) is 5.10 Å². The van der Waals surface area contributed by atoms with E-state index in [9.17, 15) is 19.2 Å². The quantitative estimate of drug-likeness (QED) is 0.235. The molecular weight excluding hydrogens is 462 g/mol. The molecule has 3 N–H and O–H groups in total. The highest BCUT2D eigenvalue weighted by Crippen LogP contribution is 2.15. The van der Waals surface area contributed by atoms with Gasteiger partial charge < -0.3 is 19.9 Å². The summed E-state index contributed by atoms with van der Waals surface area (Å²) in [6, 6.07) is 11.7. The Balaban J connectivity index is 2.00. The van der Waals surface area contributed by atoms with E-state index in [0.29, 0.717) is 28.2 Å². The van der Waals surface area contributed by atoms with Crippen molar-refractivity contribution < 1.29 is 33.8 Å². The lowest BCUT2D eigenvalue weighted by Gasteiger charge is -2.17. The number of thioether (sulfide) groups is 1. The molecule has 0 heterocycles. The number of carboxylic acids is 1. The van der Waals surface area contributed by atoms with E-state index in [2.05, 4.69) is 15.8 Å². The van der Waals surface area contributed by atoms with Crippen molar-refractivity contribution in [2.45, 2.75) is 13.0 Å². The molecule has 2 aromatic carbocycles. The first-order valence-corrected chi connectivity index (χ1v) is 11.6. The number of carbonyl (C=O) groups is 4. The topological polar surface area (TPSA) is 143 Å². The van der Waals surface area contributed by atoms with Gasteiger partial charge in [0.15, 0.2) is 12.4 Å². The molecule has 0 aliphatic heterocycles. The van der Waals surface area contributed by atoms with E-state index in [-0.39, 0.29) is 12.4 Å². The van der Waals surface area contributed by atoms with Gasteiger partial charge in [0.25, 0.3) is 5.91 Å². The SMILES string of the molecule is CCOC(=O)NN=Cc1ccc(C(=O)N[C@@H](CSC)C(=O)c2ccc(OCC(=O)O)cc2)cc1. The molecule has 2 rings (SSSR count). The molecule has 0 aliphatic rings. The van der Waals surface area contributed by atoms with Gasteiger partial charge in [-0.05, 0) is 55.1 Å². The van der Waals surface area contributed by atoms with E-state index in [1.54, 1.807) is 31.2 Å². The van der Waals surface area contributed by atoms with Crippen molar-refractivity contribution in [3.05, 3.63) is 65.2 Å². The fraction of sp³-hybridized carbons (Fsp3) is 0.261. The van der Waals surface area contributed by atoms with Crippen LogP contribution in [0.4, 0.5) is 4.79 Å². The number of Topliss-reactive ketones (excluding diaryl/α,β-unsaturated/α-hetero) is 1. The van der Waals surface area contributed by atoms with Crippen molar-refractivity contribution in [3.63, 3.8) is 0 Å². The molecule has 180 valence electrons. The van der Waals surface area contributed by atoms with Crippen LogP contribution in [0.3, 0.4) is 0 Å². The summed E-state index contributed by atoms with van der Waals surface area (Å²) in [4.78, 5) is 47.4. The van der Waals surface area contributed by atoms with Gasteiger partial charge in [-0.25, -0.2) is 15.0 Å². The van der Waals surface area contributed by atoms with Gasteiger partial charge in [-0.15, -0.1) is 0 Å². The molecule has 11 heteroatoms. The highest BCUT2D eigenvalue weighted by Gasteiger charge is 2.22. The fourth-order valence-corrected chi connectivity index (χ4v) is 3.26. The summed E-state index contributed by atoms with van der Waals surface area (Å²) in [6.07, 6.45) is 2.57. The highest BCUT2D eigenvalue weighted by atomic mass is 32.2. The number of hydrogen-bond acceptors (Lipinski definition) is 8. The third-order valence-corrected chi connectivity index (χ3v) is 4.94. The molecule has 0 radical (unpaired) electrons. The standard InChI is InChI=1S/C23H25N3O7S/c1-3-32-23(31)26-24-12-15-4-6-17(7-5-15)22(30)25-19(14-34-2)21(29)16-8-10-18(11-9-16)33-13-20(27)28/h4-12,19H,3,13-14H2,1-2H3,(H,25,30)(H,26,31)(H,27,28)/t19-/m0/s1. The van der Waals surface area contributed by atoms with Crippen molar-refractivity contribution in [1.29, 1.82) is 0 Å². The Hall–Kier alpha value is -3.86. The average Bonchev–Trinajstić information content (AvgIpc) is 2.83. The summed E-state index contributed by atoms with van der Waals surface area (Å²) in [6.45, 7) is 1.43. The van der Waals surface area contributed by atoms with E-state index >= 15 is 0 Å². The fourth-order valence-electron chi connectivity index (χ4n) is 2.70. The lowest BCUT2D eigenvalue weighted by molar-refractivity contribution is -0.139. The lowest BCUT2D eigenvalue weighted by Crippen LogP contribution is -2.42. The second-order valence-electron chi connectivity index (χ2n) is 6.76. The van der Waals surface area contributed by atoms with E-state index in [0.717, 1.165) is 0 Å². The van der Waals surface area contributed by atoms with Crippen LogP contribution < -0.4 is 15.5 Å². The van der Waals surface area contributed by atoms with Gasteiger partial charge in [-0.2, -0.15) is 16.9 Å². The minimum absolute atomic E-state index is 0.234. The molecule has 0 saturated carbocycles. The summed E-state index contributed by atoms with van der Waals surface area (Å²) in [5.74, 6) is -1.10. The molecule has 0 spiro atoms. The number of aliphatic carboxylic acids is 1. The molecule has 0 bridgehead atoms. The first-order chi connectivity index (χ1) is 16.3. The summed E-state index contributed by atoms with van der Waals surface area (Å²) < 4.78 is 9.76. The normalized spacial score (nSPS) is 11.5. The summed E-state index contributed by atoms with van der Waals surface area (Å²) in [5, 5.41) is 15.2. The molecule has 0 fully saturated rings. The van der Waals surface area contributed by atoms with Gasteiger partial charge >= 0.3 is 12.1 Å². The maximum Gasteiger partial charge on any atom is 0.427 e. The van der Waals surface area contributed by atoms with Crippen LogP contribution in [0.15, 0.2) is 53.6 Å². The number of ether oxygens (including phenoxy) is 2. The molecule has 0 unspecified atom stereocenters. The third kappa shape index (κ3) is 8.58. The van der Waals surface area contributed by atoms with Crippen LogP contribution in [0.2, 0.25) is 0 Å². The number of benzene rings is 2. The van der Waals surface area contributed by atoms with Crippen molar-refractivity contribution in [1.82, 2.24) is 10.7 Å². The zero-order valence-corrected chi connectivity index (χ0v) is 19.5. The van der Waals surface area contributed by atoms with Gasteiger partial charge in [0, 0.05) is 16.9 Å². The third-order valence-electron chi connectivity index (χ3n) is 4.27. The van der Waals surface area contributed by atoms with Crippen molar-refractivity contribution in [3.8, 4) is 5.75 Å². The second kappa shape index (κ2) is 13.6. The first kappa shape index (κ1) is 26.4. The van der Waals surface area contributed by atoms with E-state index in [1.807, 2.05) is 6.26 Å². The Morgan fingerprint density at radius 3 is 2.29 bits per heavy atom. The van der Waals surface area contributed by atoms with Gasteiger partial charge in [0.2, 0.25) is 0 Å². The van der Waals surface area contributed by atoms with Crippen molar-refractivity contribution >= 4 is 41.7 Å². The minimum Gasteiger partial charge on any atom is -0.482 e. The number of carbonyl (C=O) groups excluding carboxylic acids is 3. The molecule has 0 aliphatic carbocycles.